The summed E-state index contributed by atoms with van der Waals surface area (Å²) in [5.74, 6) is 0.564. The average Bonchev–Trinajstić information content (AvgIpc) is 2.47. The number of rotatable bonds is 4. The van der Waals surface area contributed by atoms with E-state index in [-0.39, 0.29) is 0 Å². The van der Waals surface area contributed by atoms with Crippen LogP contribution in [0.4, 0.5) is 0 Å². The lowest BCUT2D eigenvalue weighted by Crippen LogP contribution is -2.30. The molecule has 0 aliphatic carbocycles. The van der Waals surface area contributed by atoms with Crippen molar-refractivity contribution in [1.29, 1.82) is 0 Å². The molecule has 0 aromatic heterocycles. The van der Waals surface area contributed by atoms with Crippen molar-refractivity contribution in [2.24, 2.45) is 11.7 Å². The Morgan fingerprint density at radius 2 is 2.38 bits per heavy atom. The minimum absolute atomic E-state index is 0.293. The summed E-state index contributed by atoms with van der Waals surface area (Å²) in [5, 5.41) is 0. The Bertz CT molecular complexity index is 179. The van der Waals surface area contributed by atoms with Crippen molar-refractivity contribution in [2.45, 2.75) is 45.3 Å². The van der Waals surface area contributed by atoms with E-state index in [1.807, 2.05) is 0 Å². The van der Waals surface area contributed by atoms with Gasteiger partial charge < -0.3 is 10.5 Å². The molecule has 0 saturated carbocycles. The fourth-order valence-electron chi connectivity index (χ4n) is 1.80. The van der Waals surface area contributed by atoms with E-state index in [2.05, 4.69) is 20.4 Å². The lowest BCUT2D eigenvalue weighted by Gasteiger charge is -2.17. The SMILES string of the molecule is C=C(C)CCC(N)C1COC(C)C1. The maximum absolute atomic E-state index is 6.07. The first kappa shape index (κ1) is 10.7. The van der Waals surface area contributed by atoms with E-state index < -0.39 is 0 Å². The van der Waals surface area contributed by atoms with Crippen LogP contribution in [-0.4, -0.2) is 18.8 Å². The van der Waals surface area contributed by atoms with E-state index in [9.17, 15) is 0 Å². The Hall–Kier alpha value is -0.340. The van der Waals surface area contributed by atoms with Gasteiger partial charge in [-0.25, -0.2) is 0 Å². The van der Waals surface area contributed by atoms with Crippen LogP contribution < -0.4 is 5.73 Å². The van der Waals surface area contributed by atoms with E-state index in [4.69, 9.17) is 10.5 Å². The zero-order chi connectivity index (χ0) is 9.84. The molecule has 2 nitrogen and oxygen atoms in total. The van der Waals surface area contributed by atoms with Crippen LogP contribution >= 0.6 is 0 Å². The van der Waals surface area contributed by atoms with Crippen molar-refractivity contribution in [1.82, 2.24) is 0 Å². The highest BCUT2D eigenvalue weighted by atomic mass is 16.5. The maximum atomic E-state index is 6.07. The molecule has 1 aliphatic rings. The van der Waals surface area contributed by atoms with Crippen LogP contribution in [-0.2, 0) is 4.74 Å². The second-order valence-corrected chi connectivity index (χ2v) is 4.30. The van der Waals surface area contributed by atoms with E-state index >= 15 is 0 Å². The molecule has 1 heterocycles. The number of hydrogen-bond acceptors (Lipinski definition) is 2. The summed E-state index contributed by atoms with van der Waals surface area (Å²) < 4.78 is 5.49. The largest absolute Gasteiger partial charge is 0.378 e. The van der Waals surface area contributed by atoms with Gasteiger partial charge in [-0.3, -0.25) is 0 Å². The van der Waals surface area contributed by atoms with Gasteiger partial charge in [0.1, 0.15) is 0 Å². The van der Waals surface area contributed by atoms with Crippen LogP contribution in [0.25, 0.3) is 0 Å². The molecule has 0 radical (unpaired) electrons. The average molecular weight is 183 g/mol. The van der Waals surface area contributed by atoms with Gasteiger partial charge in [0.2, 0.25) is 0 Å². The van der Waals surface area contributed by atoms with E-state index in [0.717, 1.165) is 25.9 Å². The topological polar surface area (TPSA) is 35.2 Å². The molecule has 2 N–H and O–H groups in total. The fraction of sp³-hybridized carbons (Fsp3) is 0.818. The van der Waals surface area contributed by atoms with Gasteiger partial charge in [0, 0.05) is 6.04 Å². The summed E-state index contributed by atoms with van der Waals surface area (Å²) in [6.45, 7) is 8.90. The predicted octanol–water partition coefficient (Wildman–Crippen LogP) is 2.09. The summed E-state index contributed by atoms with van der Waals surface area (Å²) in [6, 6.07) is 0.293. The van der Waals surface area contributed by atoms with Crippen LogP contribution in [0.2, 0.25) is 0 Å². The molecule has 3 unspecified atom stereocenters. The molecule has 2 heteroatoms. The van der Waals surface area contributed by atoms with Crippen LogP contribution in [0.1, 0.15) is 33.1 Å². The third-order valence-electron chi connectivity index (χ3n) is 2.74. The van der Waals surface area contributed by atoms with Crippen molar-refractivity contribution in [3.05, 3.63) is 12.2 Å². The molecule has 1 saturated heterocycles. The summed E-state index contributed by atoms with van der Waals surface area (Å²) in [6.07, 6.45) is 3.63. The van der Waals surface area contributed by atoms with Gasteiger partial charge in [-0.15, -0.1) is 6.58 Å². The Morgan fingerprint density at radius 1 is 1.69 bits per heavy atom. The summed E-state index contributed by atoms with van der Waals surface area (Å²) >= 11 is 0. The molecule has 1 fully saturated rings. The highest BCUT2D eigenvalue weighted by Crippen LogP contribution is 2.23. The van der Waals surface area contributed by atoms with Gasteiger partial charge in [-0.2, -0.15) is 0 Å². The second-order valence-electron chi connectivity index (χ2n) is 4.30. The Labute approximate surface area is 81.1 Å². The fourth-order valence-corrected chi connectivity index (χ4v) is 1.80. The molecular formula is C11H21NO. The van der Waals surface area contributed by atoms with E-state index in [0.29, 0.717) is 18.1 Å². The molecule has 0 aromatic carbocycles. The van der Waals surface area contributed by atoms with Crippen LogP contribution in [0.3, 0.4) is 0 Å². The molecule has 0 spiro atoms. The highest BCUT2D eigenvalue weighted by Gasteiger charge is 2.26. The van der Waals surface area contributed by atoms with Crippen molar-refractivity contribution in [2.75, 3.05) is 6.61 Å². The maximum Gasteiger partial charge on any atom is 0.0551 e. The van der Waals surface area contributed by atoms with Gasteiger partial charge >= 0.3 is 0 Å². The third-order valence-corrected chi connectivity index (χ3v) is 2.74. The summed E-state index contributed by atoms with van der Waals surface area (Å²) in [5.41, 5.74) is 7.29. The van der Waals surface area contributed by atoms with Crippen LogP contribution in [0.5, 0.6) is 0 Å². The monoisotopic (exact) mass is 183 g/mol. The Morgan fingerprint density at radius 3 is 2.85 bits per heavy atom. The Kier molecular flexibility index (Phi) is 3.94. The van der Waals surface area contributed by atoms with E-state index in [1.54, 1.807) is 0 Å². The number of allylic oxidation sites excluding steroid dienone is 1. The quantitative estimate of drug-likeness (QED) is 0.677. The summed E-state index contributed by atoms with van der Waals surface area (Å²) in [7, 11) is 0. The normalized spacial score (nSPS) is 30.4. The highest BCUT2D eigenvalue weighted by molar-refractivity contribution is 4.90. The minimum Gasteiger partial charge on any atom is -0.378 e. The van der Waals surface area contributed by atoms with Crippen molar-refractivity contribution in [3.63, 3.8) is 0 Å². The first-order valence-electron chi connectivity index (χ1n) is 5.11. The van der Waals surface area contributed by atoms with Gasteiger partial charge in [0.05, 0.1) is 12.7 Å². The predicted molar refractivity (Wildman–Crippen MR) is 55.5 cm³/mol. The van der Waals surface area contributed by atoms with Crippen molar-refractivity contribution in [3.8, 4) is 0 Å². The number of hydrogen-bond donors (Lipinski definition) is 1. The molecule has 76 valence electrons. The molecule has 3 atom stereocenters. The zero-order valence-electron chi connectivity index (χ0n) is 8.75. The van der Waals surface area contributed by atoms with Crippen molar-refractivity contribution >= 4 is 0 Å². The molecule has 0 bridgehead atoms. The summed E-state index contributed by atoms with van der Waals surface area (Å²) in [4.78, 5) is 0. The van der Waals surface area contributed by atoms with Gasteiger partial charge in [-0.1, -0.05) is 5.57 Å². The first-order valence-corrected chi connectivity index (χ1v) is 5.11. The molecule has 1 rings (SSSR count). The second kappa shape index (κ2) is 4.77. The van der Waals surface area contributed by atoms with Gasteiger partial charge in [-0.05, 0) is 39.0 Å². The van der Waals surface area contributed by atoms with Gasteiger partial charge in [0.25, 0.3) is 0 Å². The number of ether oxygens (including phenoxy) is 1. The standard InChI is InChI=1S/C11H21NO/c1-8(2)4-5-11(12)10-6-9(3)13-7-10/h9-11H,1,4-7,12H2,2-3H3. The first-order chi connectivity index (χ1) is 6.09. The minimum atomic E-state index is 0.293. The molecule has 1 aliphatic heterocycles. The smallest absolute Gasteiger partial charge is 0.0551 e. The number of nitrogens with two attached hydrogens (primary N) is 1. The molecule has 13 heavy (non-hydrogen) atoms. The lowest BCUT2D eigenvalue weighted by molar-refractivity contribution is 0.118. The Balaban J connectivity index is 2.23. The molecule has 0 amide bonds. The lowest BCUT2D eigenvalue weighted by atomic mass is 9.93. The van der Waals surface area contributed by atoms with Crippen LogP contribution in [0.15, 0.2) is 12.2 Å². The molecular weight excluding hydrogens is 162 g/mol. The van der Waals surface area contributed by atoms with Crippen molar-refractivity contribution < 1.29 is 4.74 Å². The van der Waals surface area contributed by atoms with E-state index in [1.165, 1.54) is 5.57 Å². The zero-order valence-corrected chi connectivity index (χ0v) is 8.75. The molecule has 0 aromatic rings. The van der Waals surface area contributed by atoms with Gasteiger partial charge in [0.15, 0.2) is 0 Å². The van der Waals surface area contributed by atoms with Crippen LogP contribution in [0, 0.1) is 5.92 Å². The third kappa shape index (κ3) is 3.49.